The highest BCUT2D eigenvalue weighted by atomic mass is 32.2. The summed E-state index contributed by atoms with van der Waals surface area (Å²) in [7, 11) is -1.60. The van der Waals surface area contributed by atoms with Gasteiger partial charge in [-0.1, -0.05) is 80.6 Å². The maximum absolute atomic E-state index is 14.8. The van der Waals surface area contributed by atoms with E-state index in [4.69, 9.17) is 0 Å². The van der Waals surface area contributed by atoms with Gasteiger partial charge in [0, 0.05) is 24.1 Å². The number of carbonyl (C=O) groups is 1. The van der Waals surface area contributed by atoms with Gasteiger partial charge in [-0.3, -0.25) is 9.69 Å². The second-order valence-electron chi connectivity index (χ2n) is 9.86. The molecule has 3 aliphatic rings. The van der Waals surface area contributed by atoms with E-state index in [0.717, 1.165) is 48.2 Å². The summed E-state index contributed by atoms with van der Waals surface area (Å²) in [6.45, 7) is 6.27. The zero-order valence-electron chi connectivity index (χ0n) is 19.0. The number of amides is 1. The van der Waals surface area contributed by atoms with Crippen molar-refractivity contribution in [3.8, 4) is 11.1 Å². The molecule has 2 aliphatic heterocycles. The number of rotatable bonds is 2. The third-order valence-corrected chi connectivity index (χ3v) is 10.0. The Morgan fingerprint density at radius 1 is 0.818 bits per heavy atom. The Bertz CT molecular complexity index is 1220. The third-order valence-electron chi connectivity index (χ3n) is 7.83. The molecule has 0 N–H and O–H groups in total. The quantitative estimate of drug-likeness (QED) is 0.534. The van der Waals surface area contributed by atoms with Crippen LogP contribution < -0.4 is 0 Å². The molecular weight excluding hydrogens is 428 g/mol. The Labute approximate surface area is 197 Å². The standard InChI is InChI=1S/C28H28N2O2S/c1-27(2)26(29-18-10-11-19-29)30(25(31)20-12-4-3-5-13-20)33(32)28(27)23-16-8-6-14-21(23)22-15-7-9-17-24(22)28/h3-9,12-17,26H,10-11,18-19H2,1-2H3. The van der Waals surface area contributed by atoms with Crippen molar-refractivity contribution >= 4 is 16.9 Å². The smallest absolute Gasteiger partial charge is 0.267 e. The van der Waals surface area contributed by atoms with Gasteiger partial charge in [-0.15, -0.1) is 0 Å². The fraction of sp³-hybridized carbons (Fsp3) is 0.321. The number of carbonyl (C=O) groups excluding carboxylic acids is 1. The minimum absolute atomic E-state index is 0.155. The van der Waals surface area contributed by atoms with Crippen molar-refractivity contribution in [2.45, 2.75) is 37.6 Å². The molecule has 0 radical (unpaired) electrons. The van der Waals surface area contributed by atoms with Gasteiger partial charge in [0.05, 0.1) is 0 Å². The van der Waals surface area contributed by atoms with Crippen molar-refractivity contribution in [3.05, 3.63) is 95.6 Å². The lowest BCUT2D eigenvalue weighted by molar-refractivity contribution is 0.0281. The molecule has 0 saturated carbocycles. The summed E-state index contributed by atoms with van der Waals surface area (Å²) in [6, 6.07) is 26.0. The molecule has 3 aromatic rings. The van der Waals surface area contributed by atoms with Gasteiger partial charge in [0.2, 0.25) is 0 Å². The van der Waals surface area contributed by atoms with Crippen LogP contribution in [0.3, 0.4) is 0 Å². The van der Waals surface area contributed by atoms with Gasteiger partial charge >= 0.3 is 0 Å². The van der Waals surface area contributed by atoms with E-state index < -0.39 is 21.1 Å². The molecule has 3 aromatic carbocycles. The van der Waals surface area contributed by atoms with Crippen molar-refractivity contribution in [2.24, 2.45) is 5.41 Å². The molecule has 0 bridgehead atoms. The lowest BCUT2D eigenvalue weighted by Crippen LogP contribution is -2.53. The van der Waals surface area contributed by atoms with Crippen molar-refractivity contribution < 1.29 is 9.00 Å². The van der Waals surface area contributed by atoms with Crippen LogP contribution in [0.15, 0.2) is 78.9 Å². The van der Waals surface area contributed by atoms with Gasteiger partial charge in [-0.05, 0) is 47.2 Å². The van der Waals surface area contributed by atoms with Crippen LogP contribution in [0.5, 0.6) is 0 Å². The average molecular weight is 457 g/mol. The fourth-order valence-corrected chi connectivity index (χ4v) is 8.92. The lowest BCUT2D eigenvalue weighted by Gasteiger charge is -2.42. The molecule has 2 atom stereocenters. The molecule has 168 valence electrons. The van der Waals surface area contributed by atoms with Crippen molar-refractivity contribution in [3.63, 3.8) is 0 Å². The van der Waals surface area contributed by atoms with Gasteiger partial charge in [0.1, 0.15) is 21.9 Å². The summed E-state index contributed by atoms with van der Waals surface area (Å²) in [5.41, 5.74) is 4.51. The van der Waals surface area contributed by atoms with E-state index in [1.165, 1.54) is 0 Å². The second kappa shape index (κ2) is 7.37. The number of hydrogen-bond acceptors (Lipinski definition) is 3. The normalized spacial score (nSPS) is 24.7. The predicted molar refractivity (Wildman–Crippen MR) is 132 cm³/mol. The van der Waals surface area contributed by atoms with Gasteiger partial charge in [-0.25, -0.2) is 8.51 Å². The minimum Gasteiger partial charge on any atom is -0.282 e. The number of nitrogens with zero attached hydrogens (tertiary/aromatic N) is 2. The van der Waals surface area contributed by atoms with Crippen molar-refractivity contribution in [1.29, 1.82) is 0 Å². The number of benzene rings is 3. The minimum atomic E-state index is -1.60. The molecule has 33 heavy (non-hydrogen) atoms. The summed E-state index contributed by atoms with van der Waals surface area (Å²) in [4.78, 5) is 16.4. The molecule has 6 rings (SSSR count). The van der Waals surface area contributed by atoms with E-state index in [-0.39, 0.29) is 12.1 Å². The zero-order valence-corrected chi connectivity index (χ0v) is 19.8. The summed E-state index contributed by atoms with van der Waals surface area (Å²) in [5, 5.41) is 0. The number of hydrogen-bond donors (Lipinski definition) is 0. The Morgan fingerprint density at radius 2 is 1.33 bits per heavy atom. The van der Waals surface area contributed by atoms with Crippen LogP contribution in [0.25, 0.3) is 11.1 Å². The van der Waals surface area contributed by atoms with E-state index >= 15 is 0 Å². The molecule has 2 saturated heterocycles. The first-order valence-corrected chi connectivity index (χ1v) is 12.8. The average Bonchev–Trinajstić information content (AvgIpc) is 3.51. The zero-order chi connectivity index (χ0) is 22.8. The highest BCUT2D eigenvalue weighted by Crippen LogP contribution is 2.65. The summed E-state index contributed by atoms with van der Waals surface area (Å²) >= 11 is 0. The molecule has 0 aromatic heterocycles. The van der Waals surface area contributed by atoms with E-state index in [1.54, 1.807) is 4.31 Å². The first kappa shape index (κ1) is 20.8. The SMILES string of the molecule is CC1(C)C(N2CCCC2)N(C(=O)c2ccccc2)S(=O)C12c1ccccc1-c1ccccc12. The van der Waals surface area contributed by atoms with Gasteiger partial charge in [0.15, 0.2) is 0 Å². The van der Waals surface area contributed by atoms with E-state index in [1.807, 2.05) is 54.6 Å². The first-order chi connectivity index (χ1) is 16.0. The van der Waals surface area contributed by atoms with E-state index in [2.05, 4.69) is 43.0 Å². The van der Waals surface area contributed by atoms with Crippen LogP contribution in [-0.2, 0) is 15.7 Å². The number of fused-ring (bicyclic) bond motifs is 5. The van der Waals surface area contributed by atoms with Crippen molar-refractivity contribution in [1.82, 2.24) is 9.21 Å². The summed E-state index contributed by atoms with van der Waals surface area (Å²) in [5.74, 6) is -0.155. The Kier molecular flexibility index (Phi) is 4.65. The maximum Gasteiger partial charge on any atom is 0.267 e. The molecule has 5 heteroatoms. The molecule has 1 amide bonds. The monoisotopic (exact) mass is 456 g/mol. The highest BCUT2D eigenvalue weighted by Gasteiger charge is 2.70. The van der Waals surface area contributed by atoms with Crippen LogP contribution in [0.2, 0.25) is 0 Å². The molecule has 2 heterocycles. The van der Waals surface area contributed by atoms with Gasteiger partial charge in [0.25, 0.3) is 5.91 Å². The molecule has 2 unspecified atom stereocenters. The van der Waals surface area contributed by atoms with Crippen LogP contribution in [-0.4, -0.2) is 38.6 Å². The Morgan fingerprint density at radius 3 is 1.91 bits per heavy atom. The summed E-state index contributed by atoms with van der Waals surface area (Å²) < 4.78 is 15.8. The topological polar surface area (TPSA) is 40.6 Å². The van der Waals surface area contributed by atoms with Crippen LogP contribution in [0.1, 0.15) is 48.2 Å². The summed E-state index contributed by atoms with van der Waals surface area (Å²) in [6.07, 6.45) is 1.95. The molecule has 2 fully saturated rings. The lowest BCUT2D eigenvalue weighted by atomic mass is 9.70. The van der Waals surface area contributed by atoms with E-state index in [9.17, 15) is 9.00 Å². The molecule has 4 nitrogen and oxygen atoms in total. The van der Waals surface area contributed by atoms with Gasteiger partial charge < -0.3 is 0 Å². The van der Waals surface area contributed by atoms with Crippen LogP contribution >= 0.6 is 0 Å². The predicted octanol–water partition coefficient (Wildman–Crippen LogP) is 5.18. The Balaban J connectivity index is 1.63. The largest absolute Gasteiger partial charge is 0.282 e. The fourth-order valence-electron chi connectivity index (χ4n) is 6.50. The third kappa shape index (κ3) is 2.61. The highest BCUT2D eigenvalue weighted by molar-refractivity contribution is 7.85. The van der Waals surface area contributed by atoms with Crippen LogP contribution in [0.4, 0.5) is 0 Å². The molecule has 1 aliphatic carbocycles. The second-order valence-corrected chi connectivity index (χ2v) is 11.4. The van der Waals surface area contributed by atoms with Crippen molar-refractivity contribution in [2.75, 3.05) is 13.1 Å². The maximum atomic E-state index is 14.8. The first-order valence-electron chi connectivity index (χ1n) is 11.7. The number of likely N-dealkylation sites (tertiary alicyclic amines) is 1. The van der Waals surface area contributed by atoms with Crippen LogP contribution in [0, 0.1) is 5.41 Å². The molecule has 1 spiro atoms. The molecular formula is C28H28N2O2S. The van der Waals surface area contributed by atoms with Gasteiger partial charge in [-0.2, -0.15) is 0 Å². The van der Waals surface area contributed by atoms with E-state index in [0.29, 0.717) is 5.56 Å². The Hall–Kier alpha value is -2.76.